The van der Waals surface area contributed by atoms with Gasteiger partial charge in [0.25, 0.3) is 0 Å². The first kappa shape index (κ1) is 17.2. The van der Waals surface area contributed by atoms with Crippen molar-refractivity contribution in [2.75, 3.05) is 6.61 Å². The summed E-state index contributed by atoms with van der Waals surface area (Å²) in [5.41, 5.74) is -0.0157. The third-order valence-electron chi connectivity index (χ3n) is 2.75. The molecule has 0 saturated carbocycles. The van der Waals surface area contributed by atoms with Crippen LogP contribution in [0.3, 0.4) is 0 Å². The summed E-state index contributed by atoms with van der Waals surface area (Å²) < 4.78 is 43.7. The lowest BCUT2D eigenvalue weighted by Gasteiger charge is -2.06. The van der Waals surface area contributed by atoms with Crippen LogP contribution in [0.4, 0.5) is 13.2 Å². The number of carbonyl (C=O) groups is 2. The molecule has 0 bridgehead atoms. The highest BCUT2D eigenvalue weighted by Gasteiger charge is 2.11. The topological polar surface area (TPSA) is 63.6 Å². The number of ether oxygens (including phenoxy) is 1. The molecule has 4 nitrogen and oxygen atoms in total. The molecule has 7 heteroatoms. The van der Waals surface area contributed by atoms with E-state index >= 15 is 0 Å². The average Bonchev–Trinajstić information content (AvgIpc) is 2.44. The fourth-order valence-corrected chi connectivity index (χ4v) is 1.61. The second kappa shape index (κ2) is 8.41. The first-order chi connectivity index (χ1) is 9.93. The standard InChI is InChI=1S/C14H15F3O4/c15-11-7-13(17)12(16)6-9(11)2-1-3-14(20)21-5-4-10(19)8-18/h6-8,10,19H,1-5H2. The van der Waals surface area contributed by atoms with Crippen LogP contribution in [0.15, 0.2) is 12.1 Å². The lowest BCUT2D eigenvalue weighted by atomic mass is 10.1. The normalized spacial score (nSPS) is 12.0. The van der Waals surface area contributed by atoms with Crippen LogP contribution in [0.5, 0.6) is 0 Å². The Balaban J connectivity index is 2.32. The van der Waals surface area contributed by atoms with Gasteiger partial charge in [-0.15, -0.1) is 0 Å². The molecule has 1 unspecified atom stereocenters. The Morgan fingerprint density at radius 3 is 2.57 bits per heavy atom. The van der Waals surface area contributed by atoms with E-state index in [-0.39, 0.29) is 37.9 Å². The third kappa shape index (κ3) is 5.95. The summed E-state index contributed by atoms with van der Waals surface area (Å²) >= 11 is 0. The lowest BCUT2D eigenvalue weighted by molar-refractivity contribution is -0.144. The molecular formula is C14H15F3O4. The van der Waals surface area contributed by atoms with Crippen LogP contribution in [0, 0.1) is 17.5 Å². The Labute approximate surface area is 119 Å². The molecule has 0 aliphatic carbocycles. The van der Waals surface area contributed by atoms with E-state index in [1.165, 1.54) is 0 Å². The van der Waals surface area contributed by atoms with Crippen LogP contribution in [-0.2, 0) is 20.7 Å². The number of aliphatic hydroxyl groups is 1. The van der Waals surface area contributed by atoms with Crippen LogP contribution < -0.4 is 0 Å². The highest BCUT2D eigenvalue weighted by Crippen LogP contribution is 2.16. The van der Waals surface area contributed by atoms with Crippen LogP contribution >= 0.6 is 0 Å². The summed E-state index contributed by atoms with van der Waals surface area (Å²) in [6.07, 6.45) is -0.594. The largest absolute Gasteiger partial charge is 0.466 e. The minimum absolute atomic E-state index is 0.00699. The molecule has 116 valence electrons. The highest BCUT2D eigenvalue weighted by atomic mass is 19.2. The molecule has 1 rings (SSSR count). The van der Waals surface area contributed by atoms with Gasteiger partial charge in [0.15, 0.2) is 11.6 Å². The van der Waals surface area contributed by atoms with Crippen molar-refractivity contribution in [2.24, 2.45) is 0 Å². The van der Waals surface area contributed by atoms with E-state index in [2.05, 4.69) is 0 Å². The van der Waals surface area contributed by atoms with Gasteiger partial charge in [-0.3, -0.25) is 4.79 Å². The monoisotopic (exact) mass is 304 g/mol. The number of aryl methyl sites for hydroxylation is 1. The summed E-state index contributed by atoms with van der Waals surface area (Å²) in [4.78, 5) is 21.4. The summed E-state index contributed by atoms with van der Waals surface area (Å²) in [6, 6.07) is 1.22. The van der Waals surface area contributed by atoms with E-state index in [1.807, 2.05) is 0 Å². The van der Waals surface area contributed by atoms with Crippen molar-refractivity contribution in [3.63, 3.8) is 0 Å². The molecule has 0 spiro atoms. The van der Waals surface area contributed by atoms with E-state index in [0.29, 0.717) is 12.4 Å². The van der Waals surface area contributed by atoms with Crippen LogP contribution in [-0.4, -0.2) is 30.1 Å². The van der Waals surface area contributed by atoms with Gasteiger partial charge in [0.05, 0.1) is 6.61 Å². The molecule has 21 heavy (non-hydrogen) atoms. The lowest BCUT2D eigenvalue weighted by Crippen LogP contribution is -2.14. The van der Waals surface area contributed by atoms with Crippen LogP contribution in [0.25, 0.3) is 0 Å². The maximum absolute atomic E-state index is 13.3. The zero-order valence-electron chi connectivity index (χ0n) is 11.2. The fraction of sp³-hybridized carbons (Fsp3) is 0.429. The Bertz CT molecular complexity index is 505. The van der Waals surface area contributed by atoms with E-state index in [9.17, 15) is 22.8 Å². The molecule has 0 aliphatic rings. The smallest absolute Gasteiger partial charge is 0.305 e. The highest BCUT2D eigenvalue weighted by molar-refractivity contribution is 5.69. The van der Waals surface area contributed by atoms with Gasteiger partial charge in [0.2, 0.25) is 0 Å². The number of halogens is 3. The van der Waals surface area contributed by atoms with Gasteiger partial charge in [-0.2, -0.15) is 0 Å². The number of benzene rings is 1. The fourth-order valence-electron chi connectivity index (χ4n) is 1.61. The van der Waals surface area contributed by atoms with E-state index < -0.39 is 29.5 Å². The molecule has 1 aromatic rings. The molecule has 0 radical (unpaired) electrons. The van der Waals surface area contributed by atoms with Gasteiger partial charge < -0.3 is 14.6 Å². The molecular weight excluding hydrogens is 289 g/mol. The summed E-state index contributed by atoms with van der Waals surface area (Å²) in [6.45, 7) is -0.0989. The maximum atomic E-state index is 13.3. The van der Waals surface area contributed by atoms with E-state index in [1.54, 1.807) is 0 Å². The Morgan fingerprint density at radius 2 is 1.90 bits per heavy atom. The zero-order chi connectivity index (χ0) is 15.8. The Kier molecular flexibility index (Phi) is 6.87. The van der Waals surface area contributed by atoms with Gasteiger partial charge in [-0.05, 0) is 24.5 Å². The van der Waals surface area contributed by atoms with Crippen LogP contribution in [0.2, 0.25) is 0 Å². The molecule has 1 atom stereocenters. The third-order valence-corrected chi connectivity index (χ3v) is 2.75. The number of rotatable bonds is 8. The molecule has 1 N–H and O–H groups in total. The molecule has 0 aliphatic heterocycles. The maximum Gasteiger partial charge on any atom is 0.305 e. The van der Waals surface area contributed by atoms with Gasteiger partial charge in [-0.25, -0.2) is 13.2 Å². The molecule has 0 aromatic heterocycles. The second-order valence-corrected chi connectivity index (χ2v) is 4.42. The van der Waals surface area contributed by atoms with Crippen molar-refractivity contribution >= 4 is 12.3 Å². The number of hydrogen-bond donors (Lipinski definition) is 1. The van der Waals surface area contributed by atoms with Gasteiger partial charge >= 0.3 is 5.97 Å². The van der Waals surface area contributed by atoms with Gasteiger partial charge in [0.1, 0.15) is 18.2 Å². The quantitative estimate of drug-likeness (QED) is 0.453. The first-order valence-electron chi connectivity index (χ1n) is 6.36. The number of hydrogen-bond acceptors (Lipinski definition) is 4. The number of aliphatic hydroxyl groups excluding tert-OH is 1. The van der Waals surface area contributed by atoms with Crippen molar-refractivity contribution < 1.29 is 32.6 Å². The van der Waals surface area contributed by atoms with Gasteiger partial charge in [0, 0.05) is 18.9 Å². The second-order valence-electron chi connectivity index (χ2n) is 4.42. The van der Waals surface area contributed by atoms with E-state index in [4.69, 9.17) is 9.84 Å². The van der Waals surface area contributed by atoms with Crippen molar-refractivity contribution in [2.45, 2.75) is 31.8 Å². The number of aldehydes is 1. The minimum atomic E-state index is -1.26. The van der Waals surface area contributed by atoms with Crippen molar-refractivity contribution in [1.82, 2.24) is 0 Å². The number of esters is 1. The summed E-state index contributed by atoms with van der Waals surface area (Å²) in [7, 11) is 0. The summed E-state index contributed by atoms with van der Waals surface area (Å²) in [5, 5.41) is 8.91. The summed E-state index contributed by atoms with van der Waals surface area (Å²) in [5.74, 6) is -3.84. The SMILES string of the molecule is O=CC(O)CCOC(=O)CCCc1cc(F)c(F)cc1F. The molecule has 0 saturated heterocycles. The zero-order valence-corrected chi connectivity index (χ0v) is 11.2. The average molecular weight is 304 g/mol. The number of carbonyl (C=O) groups excluding carboxylic acids is 2. The van der Waals surface area contributed by atoms with Crippen LogP contribution in [0.1, 0.15) is 24.8 Å². The Hall–Kier alpha value is -1.89. The predicted octanol–water partition coefficient (Wildman–Crippen LogP) is 1.92. The minimum Gasteiger partial charge on any atom is -0.466 e. The van der Waals surface area contributed by atoms with Crippen molar-refractivity contribution in [3.05, 3.63) is 35.1 Å². The molecule has 1 aromatic carbocycles. The van der Waals surface area contributed by atoms with Crippen molar-refractivity contribution in [1.29, 1.82) is 0 Å². The van der Waals surface area contributed by atoms with Gasteiger partial charge in [-0.1, -0.05) is 0 Å². The Morgan fingerprint density at radius 1 is 1.24 bits per heavy atom. The molecule has 0 heterocycles. The van der Waals surface area contributed by atoms with Crippen molar-refractivity contribution in [3.8, 4) is 0 Å². The first-order valence-corrected chi connectivity index (χ1v) is 6.36. The molecule has 0 amide bonds. The van der Waals surface area contributed by atoms with E-state index in [0.717, 1.165) is 6.07 Å². The predicted molar refractivity (Wildman–Crippen MR) is 66.9 cm³/mol. The molecule has 0 fully saturated rings.